The van der Waals surface area contributed by atoms with E-state index in [1.54, 1.807) is 0 Å². The van der Waals surface area contributed by atoms with E-state index in [4.69, 9.17) is 15.9 Å². The Labute approximate surface area is 111 Å². The van der Waals surface area contributed by atoms with Crippen LogP contribution in [-0.2, 0) is 10.0 Å². The number of nitrogens with two attached hydrogens (primary N) is 1. The number of hydrogen-bond acceptors (Lipinski definition) is 5. The van der Waals surface area contributed by atoms with Gasteiger partial charge in [-0.25, -0.2) is 17.5 Å². The minimum Gasteiger partial charge on any atom is -0.396 e. The topological polar surface area (TPSA) is 113 Å². The number of aliphatic hydroxyl groups is 2. The maximum atomic E-state index is 13.2. The molecule has 6 nitrogen and oxygen atoms in total. The summed E-state index contributed by atoms with van der Waals surface area (Å²) in [6.45, 7) is 1.59. The molecule has 0 saturated carbocycles. The number of rotatable bonds is 5. The number of aliphatic hydroxyl groups excluding tert-OH is 2. The number of nitrogens with one attached hydrogen (secondary N) is 1. The van der Waals surface area contributed by atoms with Crippen molar-refractivity contribution in [3.05, 3.63) is 23.5 Å². The smallest absolute Gasteiger partial charge is 0.241 e. The van der Waals surface area contributed by atoms with Gasteiger partial charge in [-0.05, 0) is 31.5 Å². The van der Waals surface area contributed by atoms with Crippen LogP contribution in [0.3, 0.4) is 0 Å². The highest BCUT2D eigenvalue weighted by Crippen LogP contribution is 2.22. The van der Waals surface area contributed by atoms with Crippen LogP contribution in [0, 0.1) is 12.7 Å². The van der Waals surface area contributed by atoms with Gasteiger partial charge in [0.1, 0.15) is 5.82 Å². The third-order valence-corrected chi connectivity index (χ3v) is 4.44. The Bertz CT molecular complexity index is 570. The second-order valence-corrected chi connectivity index (χ2v) is 6.27. The number of anilines is 1. The van der Waals surface area contributed by atoms with Gasteiger partial charge in [-0.2, -0.15) is 0 Å². The molecule has 1 aromatic rings. The van der Waals surface area contributed by atoms with E-state index >= 15 is 0 Å². The fraction of sp³-hybridized carbons (Fsp3) is 0.455. The zero-order valence-electron chi connectivity index (χ0n) is 10.6. The van der Waals surface area contributed by atoms with Crippen molar-refractivity contribution in [2.45, 2.75) is 24.3 Å². The fourth-order valence-corrected chi connectivity index (χ4v) is 3.10. The minimum atomic E-state index is -4.03. The van der Waals surface area contributed by atoms with Gasteiger partial charge in [-0.1, -0.05) is 0 Å². The standard InChI is InChI=1S/C11H17FN2O4S/c1-7-3-8(12)9(13)4-10(7)19(17,18)14-11(2,5-15)6-16/h3-4,14-16H,5-6,13H2,1-2H3. The molecule has 0 aliphatic heterocycles. The molecule has 5 N–H and O–H groups in total. The molecule has 0 unspecified atom stereocenters. The highest BCUT2D eigenvalue weighted by atomic mass is 32.2. The molecule has 0 spiro atoms. The Morgan fingerprint density at radius 3 is 2.37 bits per heavy atom. The summed E-state index contributed by atoms with van der Waals surface area (Å²) in [5, 5.41) is 18.2. The van der Waals surface area contributed by atoms with Gasteiger partial charge in [0.2, 0.25) is 10.0 Å². The largest absolute Gasteiger partial charge is 0.396 e. The van der Waals surface area contributed by atoms with Crippen molar-refractivity contribution < 1.29 is 23.0 Å². The maximum absolute atomic E-state index is 13.2. The Morgan fingerprint density at radius 2 is 1.89 bits per heavy atom. The molecule has 0 atom stereocenters. The van der Waals surface area contributed by atoms with Crippen LogP contribution in [0.4, 0.5) is 10.1 Å². The predicted octanol–water partition coefficient (Wildman–Crippen LogP) is -0.262. The average Bonchev–Trinajstić information content (AvgIpc) is 2.33. The third-order valence-electron chi connectivity index (χ3n) is 2.66. The average molecular weight is 292 g/mol. The molecule has 19 heavy (non-hydrogen) atoms. The number of benzene rings is 1. The molecule has 0 bridgehead atoms. The molecule has 0 amide bonds. The summed E-state index contributed by atoms with van der Waals surface area (Å²) in [7, 11) is -4.03. The molecule has 0 radical (unpaired) electrons. The lowest BCUT2D eigenvalue weighted by Gasteiger charge is -2.26. The molecule has 0 saturated heterocycles. The molecule has 1 aromatic carbocycles. The van der Waals surface area contributed by atoms with Crippen LogP contribution in [0.15, 0.2) is 17.0 Å². The van der Waals surface area contributed by atoms with Gasteiger partial charge in [0, 0.05) is 0 Å². The van der Waals surface area contributed by atoms with Gasteiger partial charge in [0.15, 0.2) is 0 Å². The van der Waals surface area contributed by atoms with E-state index in [9.17, 15) is 12.8 Å². The first-order chi connectivity index (χ1) is 8.65. The molecular formula is C11H17FN2O4S. The van der Waals surface area contributed by atoms with Gasteiger partial charge in [-0.15, -0.1) is 0 Å². The van der Waals surface area contributed by atoms with Crippen molar-refractivity contribution in [2.24, 2.45) is 0 Å². The normalized spacial score (nSPS) is 12.7. The van der Waals surface area contributed by atoms with Crippen molar-refractivity contribution in [1.82, 2.24) is 4.72 Å². The molecule has 0 aromatic heterocycles. The molecule has 8 heteroatoms. The van der Waals surface area contributed by atoms with Crippen molar-refractivity contribution in [3.63, 3.8) is 0 Å². The molecule has 0 heterocycles. The number of aryl methyl sites for hydroxylation is 1. The van der Waals surface area contributed by atoms with Crippen LogP contribution in [0.25, 0.3) is 0 Å². The molecule has 108 valence electrons. The Kier molecular flexibility index (Phi) is 4.51. The van der Waals surface area contributed by atoms with E-state index in [1.165, 1.54) is 13.8 Å². The van der Waals surface area contributed by atoms with E-state index in [-0.39, 0.29) is 16.1 Å². The Morgan fingerprint density at radius 1 is 1.37 bits per heavy atom. The second-order valence-electron chi connectivity index (χ2n) is 4.62. The summed E-state index contributed by atoms with van der Waals surface area (Å²) < 4.78 is 39.6. The lowest BCUT2D eigenvalue weighted by molar-refractivity contribution is 0.121. The number of nitrogen functional groups attached to an aromatic ring is 1. The second kappa shape index (κ2) is 5.41. The lowest BCUT2D eigenvalue weighted by Crippen LogP contribution is -2.51. The van der Waals surface area contributed by atoms with Gasteiger partial charge in [0.25, 0.3) is 0 Å². The van der Waals surface area contributed by atoms with Crippen molar-refractivity contribution in [2.75, 3.05) is 18.9 Å². The molecule has 0 fully saturated rings. The van der Waals surface area contributed by atoms with Gasteiger partial charge >= 0.3 is 0 Å². The van der Waals surface area contributed by atoms with Crippen LogP contribution in [0.2, 0.25) is 0 Å². The highest BCUT2D eigenvalue weighted by molar-refractivity contribution is 7.89. The summed E-state index contributed by atoms with van der Waals surface area (Å²) in [6, 6.07) is 2.02. The van der Waals surface area contributed by atoms with E-state index in [2.05, 4.69) is 4.72 Å². The van der Waals surface area contributed by atoms with E-state index in [1.807, 2.05) is 0 Å². The first-order valence-corrected chi connectivity index (χ1v) is 6.95. The molecule has 1 rings (SSSR count). The van der Waals surface area contributed by atoms with Crippen molar-refractivity contribution in [3.8, 4) is 0 Å². The van der Waals surface area contributed by atoms with Crippen LogP contribution in [0.5, 0.6) is 0 Å². The monoisotopic (exact) mass is 292 g/mol. The maximum Gasteiger partial charge on any atom is 0.241 e. The van der Waals surface area contributed by atoms with E-state index < -0.39 is 34.6 Å². The summed E-state index contributed by atoms with van der Waals surface area (Å²) in [6.07, 6.45) is 0. The number of halogens is 1. The minimum absolute atomic E-state index is 0.178. The Balaban J connectivity index is 3.25. The van der Waals surface area contributed by atoms with E-state index in [0.717, 1.165) is 12.1 Å². The zero-order chi connectivity index (χ0) is 14.8. The highest BCUT2D eigenvalue weighted by Gasteiger charge is 2.30. The summed E-state index contributed by atoms with van der Waals surface area (Å²) in [5.41, 5.74) is 3.83. The van der Waals surface area contributed by atoms with Crippen LogP contribution >= 0.6 is 0 Å². The van der Waals surface area contributed by atoms with Gasteiger partial charge in [0.05, 0.1) is 29.3 Å². The lowest BCUT2D eigenvalue weighted by atomic mass is 10.1. The summed E-state index contributed by atoms with van der Waals surface area (Å²) >= 11 is 0. The fourth-order valence-electron chi connectivity index (χ4n) is 1.45. The quantitative estimate of drug-likeness (QED) is 0.558. The van der Waals surface area contributed by atoms with Crippen molar-refractivity contribution >= 4 is 15.7 Å². The third kappa shape index (κ3) is 3.41. The van der Waals surface area contributed by atoms with Crippen molar-refractivity contribution in [1.29, 1.82) is 0 Å². The van der Waals surface area contributed by atoms with E-state index in [0.29, 0.717) is 0 Å². The predicted molar refractivity (Wildman–Crippen MR) is 68.4 cm³/mol. The first kappa shape index (κ1) is 15.8. The Hall–Kier alpha value is -1.22. The molecule has 0 aliphatic rings. The number of hydrogen-bond donors (Lipinski definition) is 4. The van der Waals surface area contributed by atoms with Crippen LogP contribution < -0.4 is 10.5 Å². The summed E-state index contributed by atoms with van der Waals surface area (Å²) in [4.78, 5) is -0.195. The number of sulfonamides is 1. The van der Waals surface area contributed by atoms with Gasteiger partial charge in [-0.3, -0.25) is 0 Å². The van der Waals surface area contributed by atoms with Crippen LogP contribution in [-0.4, -0.2) is 37.4 Å². The molecular weight excluding hydrogens is 275 g/mol. The SMILES string of the molecule is Cc1cc(F)c(N)cc1S(=O)(=O)NC(C)(CO)CO. The van der Waals surface area contributed by atoms with Crippen LogP contribution in [0.1, 0.15) is 12.5 Å². The zero-order valence-corrected chi connectivity index (χ0v) is 11.5. The summed E-state index contributed by atoms with van der Waals surface area (Å²) in [5.74, 6) is -0.705. The van der Waals surface area contributed by atoms with Gasteiger partial charge < -0.3 is 15.9 Å². The molecule has 0 aliphatic carbocycles. The first-order valence-electron chi connectivity index (χ1n) is 5.46.